The molecule has 0 aliphatic carbocycles. The van der Waals surface area contributed by atoms with Crippen molar-refractivity contribution in [2.24, 2.45) is 0 Å². The summed E-state index contributed by atoms with van der Waals surface area (Å²) >= 11 is 0.757. The summed E-state index contributed by atoms with van der Waals surface area (Å²) in [5.74, 6) is 0. The summed E-state index contributed by atoms with van der Waals surface area (Å²) in [5, 5.41) is 1.23. The number of piperidine rings is 1. The maximum absolute atomic E-state index is 4.73. The van der Waals surface area contributed by atoms with Crippen LogP contribution in [-0.4, -0.2) is 23.0 Å². The summed E-state index contributed by atoms with van der Waals surface area (Å²) < 4.78 is 0. The van der Waals surface area contributed by atoms with Crippen LogP contribution >= 0.6 is 20.2 Å². The number of likely N-dealkylation sites (tertiary alicyclic amines) is 1. The first kappa shape index (κ1) is 16.1. The van der Waals surface area contributed by atoms with E-state index in [9.17, 15) is 0 Å². The van der Waals surface area contributed by atoms with Crippen molar-refractivity contribution in [3.63, 3.8) is 0 Å². The number of nitrogens with zero attached hydrogens (tertiary/aromatic N) is 2. The van der Waals surface area contributed by atoms with Crippen LogP contribution in [0.25, 0.3) is 10.9 Å². The van der Waals surface area contributed by atoms with Gasteiger partial charge in [0.1, 0.15) is 0 Å². The monoisotopic (exact) mass is 359 g/mol. The van der Waals surface area contributed by atoms with Crippen molar-refractivity contribution in [2.45, 2.75) is 25.8 Å². The maximum atomic E-state index is 4.73. The Morgan fingerprint density at radius 3 is 2.45 bits per heavy atom. The maximum Gasteiger partial charge on any atom is 0.0705 e. The number of hydrogen-bond acceptors (Lipinski definition) is 2. The zero-order chi connectivity index (χ0) is 14.2. The SMILES string of the molecule is [Cl][Cu][Cl].c1ccc2nc(CN3CCCCC3)ccc2c1. The molecule has 0 bridgehead atoms. The second kappa shape index (κ2) is 8.86. The first-order chi connectivity index (χ1) is 9.83. The minimum Gasteiger partial charge on any atom is -0.298 e. The zero-order valence-corrected chi connectivity index (χ0v) is 13.6. The summed E-state index contributed by atoms with van der Waals surface area (Å²) in [6.45, 7) is 3.47. The summed E-state index contributed by atoms with van der Waals surface area (Å²) in [6.07, 6.45) is 4.07. The van der Waals surface area contributed by atoms with Crippen molar-refractivity contribution >= 4 is 31.1 Å². The van der Waals surface area contributed by atoms with Crippen molar-refractivity contribution in [1.29, 1.82) is 0 Å². The van der Waals surface area contributed by atoms with Crippen LogP contribution in [0.1, 0.15) is 25.0 Å². The van der Waals surface area contributed by atoms with Crippen molar-refractivity contribution in [1.82, 2.24) is 9.88 Å². The Kier molecular flexibility index (Phi) is 7.12. The van der Waals surface area contributed by atoms with Gasteiger partial charge in [-0.2, -0.15) is 0 Å². The fourth-order valence-electron chi connectivity index (χ4n) is 2.54. The Hall–Kier alpha value is -0.311. The van der Waals surface area contributed by atoms with Gasteiger partial charge < -0.3 is 0 Å². The van der Waals surface area contributed by atoms with Crippen LogP contribution in [0.3, 0.4) is 0 Å². The molecule has 113 valence electrons. The molecule has 5 heteroatoms. The van der Waals surface area contributed by atoms with Gasteiger partial charge in [-0.3, -0.25) is 9.88 Å². The van der Waals surface area contributed by atoms with Crippen molar-refractivity contribution < 1.29 is 13.1 Å². The quantitative estimate of drug-likeness (QED) is 0.728. The van der Waals surface area contributed by atoms with Gasteiger partial charge in [0.05, 0.1) is 11.2 Å². The average molecular weight is 361 g/mol. The molecule has 0 unspecified atom stereocenters. The van der Waals surface area contributed by atoms with Gasteiger partial charge >= 0.3 is 33.3 Å². The Morgan fingerprint density at radius 2 is 1.70 bits per heavy atom. The van der Waals surface area contributed by atoms with Crippen LogP contribution in [-0.2, 0) is 19.7 Å². The number of hydrogen-bond donors (Lipinski definition) is 0. The molecular weight excluding hydrogens is 343 g/mol. The molecule has 2 nitrogen and oxygen atoms in total. The molecule has 1 aliphatic rings. The Bertz CT molecular complexity index is 530. The molecule has 1 saturated heterocycles. The third-order valence-electron chi connectivity index (χ3n) is 3.49. The number of para-hydroxylation sites is 1. The third-order valence-corrected chi connectivity index (χ3v) is 3.49. The Morgan fingerprint density at radius 1 is 1.00 bits per heavy atom. The number of halogens is 2. The second-order valence-corrected chi connectivity index (χ2v) is 6.43. The zero-order valence-electron chi connectivity index (χ0n) is 11.2. The van der Waals surface area contributed by atoms with Gasteiger partial charge in [0.2, 0.25) is 0 Å². The molecule has 2 aromatic rings. The van der Waals surface area contributed by atoms with E-state index < -0.39 is 0 Å². The first-order valence-corrected chi connectivity index (χ1v) is 9.31. The van der Waals surface area contributed by atoms with Crippen LogP contribution in [0, 0.1) is 0 Å². The molecule has 0 amide bonds. The molecule has 1 aromatic heterocycles. The summed E-state index contributed by atoms with van der Waals surface area (Å²) in [7, 11) is 9.34. The Balaban J connectivity index is 0.000000452. The van der Waals surface area contributed by atoms with Gasteiger partial charge in [0.15, 0.2) is 0 Å². The van der Waals surface area contributed by atoms with Crippen LogP contribution in [0.5, 0.6) is 0 Å². The molecule has 0 radical (unpaired) electrons. The predicted molar refractivity (Wildman–Crippen MR) is 82.6 cm³/mol. The molecule has 0 atom stereocenters. The van der Waals surface area contributed by atoms with E-state index in [1.165, 1.54) is 43.4 Å². The first-order valence-electron chi connectivity index (χ1n) is 6.72. The molecule has 0 N–H and O–H groups in total. The number of aromatic nitrogens is 1. The van der Waals surface area contributed by atoms with Crippen LogP contribution in [0.15, 0.2) is 36.4 Å². The Labute approximate surface area is 135 Å². The molecule has 3 rings (SSSR count). The van der Waals surface area contributed by atoms with Crippen LogP contribution in [0.2, 0.25) is 0 Å². The standard InChI is InChI=1S/C15H18N2.2ClH.Cu/c1-4-10-17(11-5-1)12-14-9-8-13-6-2-3-7-15(13)16-14;;;/h2-3,6-9H,1,4-5,10-12H2;2*1H;/q;;;+2/p-2. The molecule has 1 fully saturated rings. The average Bonchev–Trinajstić information content (AvgIpc) is 2.49. The molecule has 0 saturated carbocycles. The second-order valence-electron chi connectivity index (χ2n) is 4.88. The minimum absolute atomic E-state index is 0.757. The van der Waals surface area contributed by atoms with Crippen molar-refractivity contribution in [2.75, 3.05) is 13.1 Å². The number of fused-ring (bicyclic) bond motifs is 1. The summed E-state index contributed by atoms with van der Waals surface area (Å²) in [4.78, 5) is 7.24. The van der Waals surface area contributed by atoms with Crippen LogP contribution in [0.4, 0.5) is 0 Å². The van der Waals surface area contributed by atoms with Crippen LogP contribution < -0.4 is 0 Å². The summed E-state index contributed by atoms with van der Waals surface area (Å²) in [5.41, 5.74) is 2.31. The molecular formula is C15H18Cl2CuN2. The molecule has 20 heavy (non-hydrogen) atoms. The van der Waals surface area contributed by atoms with E-state index in [1.54, 1.807) is 0 Å². The van der Waals surface area contributed by atoms with E-state index >= 15 is 0 Å². The molecule has 0 spiro atoms. The number of rotatable bonds is 2. The predicted octanol–water partition coefficient (Wildman–Crippen LogP) is 4.60. The smallest absolute Gasteiger partial charge is 0.0705 e. The van der Waals surface area contributed by atoms with E-state index in [4.69, 9.17) is 4.98 Å². The van der Waals surface area contributed by atoms with E-state index in [0.29, 0.717) is 0 Å². The fraction of sp³-hybridized carbons (Fsp3) is 0.400. The summed E-state index contributed by atoms with van der Waals surface area (Å²) in [6, 6.07) is 12.7. The van der Waals surface area contributed by atoms with Gasteiger partial charge in [-0.05, 0) is 38.1 Å². The largest absolute Gasteiger partial charge is 0.298 e. The van der Waals surface area contributed by atoms with E-state index in [1.807, 2.05) is 0 Å². The number of benzene rings is 1. The third kappa shape index (κ3) is 4.91. The minimum atomic E-state index is 0.757. The normalized spacial score (nSPS) is 15.9. The van der Waals surface area contributed by atoms with E-state index in [2.05, 4.69) is 61.5 Å². The van der Waals surface area contributed by atoms with Gasteiger partial charge in [-0.25, -0.2) is 0 Å². The molecule has 1 aromatic carbocycles. The van der Waals surface area contributed by atoms with Gasteiger partial charge in [0, 0.05) is 11.9 Å². The van der Waals surface area contributed by atoms with Crippen molar-refractivity contribution in [3.8, 4) is 0 Å². The van der Waals surface area contributed by atoms with Gasteiger partial charge in [0.25, 0.3) is 0 Å². The van der Waals surface area contributed by atoms with Gasteiger partial charge in [-0.15, -0.1) is 0 Å². The van der Waals surface area contributed by atoms with E-state index in [-0.39, 0.29) is 0 Å². The van der Waals surface area contributed by atoms with Crippen molar-refractivity contribution in [3.05, 3.63) is 42.1 Å². The van der Waals surface area contributed by atoms with Gasteiger partial charge in [-0.1, -0.05) is 30.7 Å². The molecule has 1 aliphatic heterocycles. The van der Waals surface area contributed by atoms with E-state index in [0.717, 1.165) is 25.2 Å². The number of pyridine rings is 1. The molecule has 2 heterocycles. The topological polar surface area (TPSA) is 16.1 Å². The fourth-order valence-corrected chi connectivity index (χ4v) is 2.54.